The Morgan fingerprint density at radius 3 is 2.11 bits per heavy atom. The van der Waals surface area contributed by atoms with E-state index >= 15 is 0 Å². The van der Waals surface area contributed by atoms with Crippen LogP contribution < -0.4 is 5.32 Å². The molecule has 0 saturated carbocycles. The van der Waals surface area contributed by atoms with Crippen LogP contribution in [0.2, 0.25) is 0 Å². The Morgan fingerprint density at radius 2 is 1.67 bits per heavy atom. The Labute approximate surface area is 104 Å². The second-order valence-corrected chi connectivity index (χ2v) is 4.38. The molecule has 0 radical (unpaired) electrons. The topological polar surface area (TPSA) is 29.1 Å². The largest absolute Gasteiger partial charge is 0.471 e. The number of benzene rings is 1. The molecule has 0 fully saturated rings. The molecule has 18 heavy (non-hydrogen) atoms. The smallest absolute Gasteiger partial charge is 0.348 e. The minimum absolute atomic E-state index is 0.0108. The first kappa shape index (κ1) is 14.5. The fourth-order valence-corrected chi connectivity index (χ4v) is 2.01. The molecule has 1 amide bonds. The second kappa shape index (κ2) is 5.42. The van der Waals surface area contributed by atoms with Crippen molar-refractivity contribution in [3.8, 4) is 0 Å². The van der Waals surface area contributed by atoms with E-state index in [9.17, 15) is 18.0 Å². The molecule has 0 atom stereocenters. The lowest BCUT2D eigenvalue weighted by Gasteiger charge is -2.12. The monoisotopic (exact) mass is 259 g/mol. The maximum absolute atomic E-state index is 12.0. The van der Waals surface area contributed by atoms with Crippen molar-refractivity contribution in [1.82, 2.24) is 5.32 Å². The summed E-state index contributed by atoms with van der Waals surface area (Å²) in [4.78, 5) is 10.6. The fraction of sp³-hybridized carbons (Fsp3) is 0.462. The van der Waals surface area contributed by atoms with Crippen LogP contribution >= 0.6 is 0 Å². The number of hydrogen-bond acceptors (Lipinski definition) is 1. The van der Waals surface area contributed by atoms with Gasteiger partial charge < -0.3 is 5.32 Å². The highest BCUT2D eigenvalue weighted by molar-refractivity contribution is 5.81. The Balaban J connectivity index is 2.63. The zero-order chi connectivity index (χ0) is 13.9. The maximum atomic E-state index is 12.0. The summed E-state index contributed by atoms with van der Waals surface area (Å²) in [7, 11) is 0. The van der Waals surface area contributed by atoms with Gasteiger partial charge in [0.05, 0.1) is 0 Å². The van der Waals surface area contributed by atoms with E-state index in [0.717, 1.165) is 22.3 Å². The van der Waals surface area contributed by atoms with E-state index < -0.39 is 12.1 Å². The third kappa shape index (κ3) is 3.75. The van der Waals surface area contributed by atoms with Gasteiger partial charge in [-0.2, -0.15) is 13.2 Å². The summed E-state index contributed by atoms with van der Waals surface area (Å²) in [5.74, 6) is -1.88. The van der Waals surface area contributed by atoms with Crippen molar-refractivity contribution in [1.29, 1.82) is 0 Å². The number of hydrogen-bond donors (Lipinski definition) is 1. The number of halogens is 3. The lowest BCUT2D eigenvalue weighted by Crippen LogP contribution is -2.37. The predicted octanol–water partition coefficient (Wildman–Crippen LogP) is 2.83. The van der Waals surface area contributed by atoms with Crippen molar-refractivity contribution in [2.75, 3.05) is 6.54 Å². The number of amides is 1. The summed E-state index contributed by atoms with van der Waals surface area (Å²) in [6.07, 6.45) is -4.41. The number of carbonyl (C=O) groups excluding carboxylic acids is 1. The molecule has 0 aromatic heterocycles. The van der Waals surface area contributed by atoms with Crippen molar-refractivity contribution in [3.05, 3.63) is 34.4 Å². The van der Waals surface area contributed by atoms with Gasteiger partial charge in [-0.25, -0.2) is 0 Å². The Morgan fingerprint density at radius 1 is 1.17 bits per heavy atom. The molecule has 5 heteroatoms. The Bertz CT molecular complexity index is 429. The molecule has 1 aromatic rings. The molecular weight excluding hydrogens is 243 g/mol. The normalized spacial score (nSPS) is 11.4. The fourth-order valence-electron chi connectivity index (χ4n) is 2.01. The van der Waals surface area contributed by atoms with Gasteiger partial charge in [-0.05, 0) is 43.9 Å². The molecule has 0 heterocycles. The van der Waals surface area contributed by atoms with E-state index in [2.05, 4.69) is 0 Å². The van der Waals surface area contributed by atoms with Gasteiger partial charge in [0.1, 0.15) is 0 Å². The summed E-state index contributed by atoms with van der Waals surface area (Å²) in [6.45, 7) is 5.79. The van der Waals surface area contributed by atoms with E-state index in [0.29, 0.717) is 6.42 Å². The minimum atomic E-state index is -4.81. The molecule has 100 valence electrons. The number of rotatable bonds is 3. The zero-order valence-corrected chi connectivity index (χ0v) is 10.6. The van der Waals surface area contributed by atoms with Crippen molar-refractivity contribution in [3.63, 3.8) is 0 Å². The SMILES string of the molecule is Cc1cc(C)c(CCNC(=O)C(F)(F)F)c(C)c1. The van der Waals surface area contributed by atoms with Gasteiger partial charge in [-0.3, -0.25) is 4.79 Å². The van der Waals surface area contributed by atoms with Crippen LogP contribution in [0.3, 0.4) is 0 Å². The Hall–Kier alpha value is -1.52. The molecule has 2 nitrogen and oxygen atoms in total. The summed E-state index contributed by atoms with van der Waals surface area (Å²) in [5.41, 5.74) is 4.18. The lowest BCUT2D eigenvalue weighted by molar-refractivity contribution is -0.173. The highest BCUT2D eigenvalue weighted by Crippen LogP contribution is 2.17. The second-order valence-electron chi connectivity index (χ2n) is 4.38. The average Bonchev–Trinajstić information content (AvgIpc) is 2.19. The standard InChI is InChI=1S/C13H16F3NO/c1-8-6-9(2)11(10(3)7-8)4-5-17-12(18)13(14,15)16/h6-7H,4-5H2,1-3H3,(H,17,18). The highest BCUT2D eigenvalue weighted by Gasteiger charge is 2.38. The van der Waals surface area contributed by atoms with E-state index in [1.54, 1.807) is 0 Å². The van der Waals surface area contributed by atoms with Crippen LogP contribution in [0.4, 0.5) is 13.2 Å². The molecule has 0 unspecified atom stereocenters. The molecule has 0 aliphatic rings. The van der Waals surface area contributed by atoms with Crippen molar-refractivity contribution in [2.24, 2.45) is 0 Å². The molecule has 1 aromatic carbocycles. The number of aryl methyl sites for hydroxylation is 3. The average molecular weight is 259 g/mol. The zero-order valence-electron chi connectivity index (χ0n) is 10.6. The first-order valence-electron chi connectivity index (χ1n) is 5.63. The predicted molar refractivity (Wildman–Crippen MR) is 63.4 cm³/mol. The van der Waals surface area contributed by atoms with E-state index in [1.807, 2.05) is 38.2 Å². The first-order valence-corrected chi connectivity index (χ1v) is 5.63. The number of carbonyl (C=O) groups is 1. The molecule has 0 bridgehead atoms. The number of alkyl halides is 3. The number of nitrogens with one attached hydrogen (secondary N) is 1. The quantitative estimate of drug-likeness (QED) is 0.888. The third-order valence-electron chi connectivity index (χ3n) is 2.76. The van der Waals surface area contributed by atoms with Gasteiger partial charge in [0.25, 0.3) is 0 Å². The summed E-state index contributed by atoms with van der Waals surface area (Å²) in [6, 6.07) is 3.96. The summed E-state index contributed by atoms with van der Waals surface area (Å²) in [5, 5.41) is 1.88. The van der Waals surface area contributed by atoms with Gasteiger partial charge >= 0.3 is 12.1 Å². The first-order chi connectivity index (χ1) is 8.21. The van der Waals surface area contributed by atoms with Gasteiger partial charge in [0.15, 0.2) is 0 Å². The van der Waals surface area contributed by atoms with E-state index in [4.69, 9.17) is 0 Å². The molecule has 1 rings (SSSR count). The van der Waals surface area contributed by atoms with Gasteiger partial charge in [0, 0.05) is 6.54 Å². The van der Waals surface area contributed by atoms with Crippen molar-refractivity contribution >= 4 is 5.91 Å². The minimum Gasteiger partial charge on any atom is -0.348 e. The summed E-state index contributed by atoms with van der Waals surface area (Å²) < 4.78 is 35.9. The lowest BCUT2D eigenvalue weighted by atomic mass is 9.97. The van der Waals surface area contributed by atoms with Crippen LogP contribution in [-0.4, -0.2) is 18.6 Å². The molecule has 1 N–H and O–H groups in total. The van der Waals surface area contributed by atoms with Crippen LogP contribution in [0.15, 0.2) is 12.1 Å². The van der Waals surface area contributed by atoms with E-state index in [-0.39, 0.29) is 6.54 Å². The van der Waals surface area contributed by atoms with Crippen molar-refractivity contribution < 1.29 is 18.0 Å². The van der Waals surface area contributed by atoms with E-state index in [1.165, 1.54) is 0 Å². The molecule has 0 aliphatic carbocycles. The summed E-state index contributed by atoms with van der Waals surface area (Å²) >= 11 is 0. The van der Waals surface area contributed by atoms with Gasteiger partial charge in [-0.15, -0.1) is 0 Å². The highest BCUT2D eigenvalue weighted by atomic mass is 19.4. The Kier molecular flexibility index (Phi) is 4.38. The van der Waals surface area contributed by atoms with Gasteiger partial charge in [0.2, 0.25) is 0 Å². The molecular formula is C13H16F3NO. The van der Waals surface area contributed by atoms with Crippen LogP contribution in [0, 0.1) is 20.8 Å². The van der Waals surface area contributed by atoms with Crippen molar-refractivity contribution in [2.45, 2.75) is 33.4 Å². The molecule has 0 spiro atoms. The van der Waals surface area contributed by atoms with Crippen LogP contribution in [0.5, 0.6) is 0 Å². The van der Waals surface area contributed by atoms with Gasteiger partial charge in [-0.1, -0.05) is 17.7 Å². The van der Waals surface area contributed by atoms with Crippen LogP contribution in [-0.2, 0) is 11.2 Å². The maximum Gasteiger partial charge on any atom is 0.471 e. The van der Waals surface area contributed by atoms with Crippen LogP contribution in [0.1, 0.15) is 22.3 Å². The third-order valence-corrected chi connectivity index (χ3v) is 2.76. The van der Waals surface area contributed by atoms with Crippen LogP contribution in [0.25, 0.3) is 0 Å². The molecule has 0 aliphatic heterocycles. The molecule has 0 saturated heterocycles.